The number of rotatable bonds is 3. The third kappa shape index (κ3) is 2.58. The standard InChI is InChI=1S/2C13H9.C2H5.Al/c2*1-3-7-12-10(5-1)9-11-6-2-4-8-13(11)12;1-2;/h2*1-5,7-8H,9H2;1H2,2H3;. The Kier molecular flexibility index (Phi) is 4.02. The second-order valence-electron chi connectivity index (χ2n) is 8.38. The molecule has 0 saturated heterocycles. The van der Waals surface area contributed by atoms with Gasteiger partial charge in [0.15, 0.2) is 0 Å². The minimum atomic E-state index is -1.28. The van der Waals surface area contributed by atoms with E-state index in [1.807, 2.05) is 0 Å². The lowest BCUT2D eigenvalue weighted by Crippen LogP contribution is -2.45. The van der Waals surface area contributed by atoms with Crippen LogP contribution in [-0.2, 0) is 12.8 Å². The summed E-state index contributed by atoms with van der Waals surface area (Å²) in [4.78, 5) is 0. The van der Waals surface area contributed by atoms with Crippen molar-refractivity contribution in [3.63, 3.8) is 0 Å². The van der Waals surface area contributed by atoms with Crippen LogP contribution in [0, 0.1) is 0 Å². The van der Waals surface area contributed by atoms with Crippen molar-refractivity contribution in [2.24, 2.45) is 0 Å². The summed E-state index contributed by atoms with van der Waals surface area (Å²) >= 11 is -1.28. The first kappa shape index (κ1) is 17.3. The average Bonchev–Trinajstić information content (AvgIpc) is 3.34. The summed E-state index contributed by atoms with van der Waals surface area (Å²) < 4.78 is 3.32. The SMILES string of the molecule is C[CH2][Al]([c]1cccc2c1Cc1ccccc1-2)[c]1cccc2c1Cc1ccccc1-2. The van der Waals surface area contributed by atoms with Crippen molar-refractivity contribution in [1.29, 1.82) is 0 Å². The summed E-state index contributed by atoms with van der Waals surface area (Å²) in [6.45, 7) is 2.40. The number of hydrogen-bond donors (Lipinski definition) is 0. The lowest BCUT2D eigenvalue weighted by Gasteiger charge is -2.19. The van der Waals surface area contributed by atoms with Gasteiger partial charge >= 0.3 is 14.1 Å². The lowest BCUT2D eigenvalue weighted by atomic mass is 10.1. The van der Waals surface area contributed by atoms with E-state index in [0.717, 1.165) is 12.8 Å². The molecule has 0 atom stereocenters. The van der Waals surface area contributed by atoms with Crippen molar-refractivity contribution in [1.82, 2.24) is 0 Å². The molecular formula is C28H23Al. The van der Waals surface area contributed by atoms with Gasteiger partial charge < -0.3 is 0 Å². The molecule has 0 saturated carbocycles. The van der Waals surface area contributed by atoms with Crippen LogP contribution in [0.3, 0.4) is 0 Å². The molecule has 2 aliphatic rings. The molecule has 4 aromatic rings. The van der Waals surface area contributed by atoms with Crippen molar-refractivity contribution in [2.45, 2.75) is 25.0 Å². The normalized spacial score (nSPS) is 12.9. The monoisotopic (exact) mass is 386 g/mol. The van der Waals surface area contributed by atoms with Gasteiger partial charge in [-0.3, -0.25) is 0 Å². The minimum Gasteiger partial charge on any atom is -0.100 e. The van der Waals surface area contributed by atoms with Gasteiger partial charge in [-0.05, 0) is 57.3 Å². The summed E-state index contributed by atoms with van der Waals surface area (Å²) in [5.74, 6) is 0. The molecule has 0 amide bonds. The fourth-order valence-electron chi connectivity index (χ4n) is 5.62. The predicted octanol–water partition coefficient (Wildman–Crippen LogP) is 5.46. The zero-order valence-electron chi connectivity index (χ0n) is 16.8. The van der Waals surface area contributed by atoms with Gasteiger partial charge in [-0.1, -0.05) is 97.1 Å². The smallest absolute Gasteiger partial charge is 0.100 e. The van der Waals surface area contributed by atoms with E-state index in [1.54, 1.807) is 20.0 Å². The molecule has 1 heteroatoms. The van der Waals surface area contributed by atoms with E-state index in [2.05, 4.69) is 91.9 Å². The Bertz CT molecular complexity index is 1150. The Morgan fingerprint density at radius 1 is 0.552 bits per heavy atom. The maximum absolute atomic E-state index is 2.44. The molecular weight excluding hydrogens is 363 g/mol. The van der Waals surface area contributed by atoms with E-state index >= 15 is 0 Å². The Labute approximate surface area is 177 Å². The maximum atomic E-state index is 2.44. The van der Waals surface area contributed by atoms with Gasteiger partial charge in [0.2, 0.25) is 0 Å². The van der Waals surface area contributed by atoms with E-state index < -0.39 is 14.1 Å². The van der Waals surface area contributed by atoms with Gasteiger partial charge in [-0.2, -0.15) is 0 Å². The maximum Gasteiger partial charge on any atom is 0.346 e. The van der Waals surface area contributed by atoms with Crippen molar-refractivity contribution in [3.8, 4) is 22.3 Å². The fourth-order valence-corrected chi connectivity index (χ4v) is 8.88. The summed E-state index contributed by atoms with van der Waals surface area (Å²) in [7, 11) is 0. The Hall–Kier alpha value is -2.59. The molecule has 138 valence electrons. The van der Waals surface area contributed by atoms with E-state index in [0.29, 0.717) is 0 Å². The van der Waals surface area contributed by atoms with Crippen LogP contribution in [-0.4, -0.2) is 14.1 Å². The molecule has 6 rings (SSSR count). The van der Waals surface area contributed by atoms with Gasteiger partial charge in [0.25, 0.3) is 0 Å². The van der Waals surface area contributed by atoms with Crippen LogP contribution >= 0.6 is 0 Å². The molecule has 0 radical (unpaired) electrons. The molecule has 0 bridgehead atoms. The minimum absolute atomic E-state index is 1.10. The molecule has 0 aliphatic heterocycles. The molecule has 0 nitrogen and oxygen atoms in total. The van der Waals surface area contributed by atoms with Gasteiger partial charge in [0.1, 0.15) is 0 Å². The van der Waals surface area contributed by atoms with Crippen LogP contribution in [0.5, 0.6) is 0 Å². The highest BCUT2D eigenvalue weighted by Crippen LogP contribution is 2.37. The highest BCUT2D eigenvalue weighted by Gasteiger charge is 2.31. The van der Waals surface area contributed by atoms with Crippen LogP contribution in [0.1, 0.15) is 29.2 Å². The van der Waals surface area contributed by atoms with Gasteiger partial charge in [0, 0.05) is 0 Å². The zero-order valence-corrected chi connectivity index (χ0v) is 17.9. The van der Waals surface area contributed by atoms with Gasteiger partial charge in [-0.15, -0.1) is 8.85 Å². The quantitative estimate of drug-likeness (QED) is 0.355. The molecule has 29 heavy (non-hydrogen) atoms. The molecule has 0 N–H and O–H groups in total. The van der Waals surface area contributed by atoms with Crippen LogP contribution in [0.15, 0.2) is 84.9 Å². The largest absolute Gasteiger partial charge is 0.346 e. The Morgan fingerprint density at radius 2 is 1.00 bits per heavy atom. The molecule has 0 unspecified atom stereocenters. The van der Waals surface area contributed by atoms with Crippen LogP contribution < -0.4 is 8.85 Å². The molecule has 2 aliphatic carbocycles. The third-order valence-corrected chi connectivity index (χ3v) is 10.3. The highest BCUT2D eigenvalue weighted by atomic mass is 27.2. The summed E-state index contributed by atoms with van der Waals surface area (Å²) in [6, 6.07) is 32.0. The lowest BCUT2D eigenvalue weighted by molar-refractivity contribution is 1.26. The first-order valence-corrected chi connectivity index (χ1v) is 12.7. The van der Waals surface area contributed by atoms with E-state index in [9.17, 15) is 0 Å². The second kappa shape index (κ2) is 6.74. The van der Waals surface area contributed by atoms with Crippen molar-refractivity contribution in [2.75, 3.05) is 0 Å². The Balaban J connectivity index is 1.50. The fraction of sp³-hybridized carbons (Fsp3) is 0.143. The van der Waals surface area contributed by atoms with Crippen molar-refractivity contribution in [3.05, 3.63) is 107 Å². The van der Waals surface area contributed by atoms with Crippen molar-refractivity contribution < 1.29 is 0 Å². The second-order valence-corrected chi connectivity index (χ2v) is 11.5. The molecule has 4 aromatic carbocycles. The van der Waals surface area contributed by atoms with Crippen LogP contribution in [0.2, 0.25) is 5.28 Å². The van der Waals surface area contributed by atoms with E-state index in [-0.39, 0.29) is 0 Å². The van der Waals surface area contributed by atoms with Gasteiger partial charge in [-0.25, -0.2) is 0 Å². The molecule has 0 spiro atoms. The first-order chi connectivity index (χ1) is 14.3. The average molecular weight is 386 g/mol. The Morgan fingerprint density at radius 3 is 1.48 bits per heavy atom. The van der Waals surface area contributed by atoms with Crippen LogP contribution in [0.25, 0.3) is 22.3 Å². The number of benzene rings is 4. The number of fused-ring (bicyclic) bond motifs is 6. The predicted molar refractivity (Wildman–Crippen MR) is 125 cm³/mol. The zero-order chi connectivity index (χ0) is 19.4. The van der Waals surface area contributed by atoms with Crippen LogP contribution in [0.4, 0.5) is 0 Å². The number of hydrogen-bond acceptors (Lipinski definition) is 0. The topological polar surface area (TPSA) is 0 Å². The van der Waals surface area contributed by atoms with Crippen molar-refractivity contribution >= 4 is 23.0 Å². The van der Waals surface area contributed by atoms with E-state index in [1.165, 1.54) is 38.7 Å². The summed E-state index contributed by atoms with van der Waals surface area (Å²) in [5.41, 5.74) is 12.0. The van der Waals surface area contributed by atoms with Gasteiger partial charge in [0.05, 0.1) is 0 Å². The van der Waals surface area contributed by atoms with E-state index in [4.69, 9.17) is 0 Å². The third-order valence-electron chi connectivity index (χ3n) is 6.93. The molecule has 0 fully saturated rings. The molecule has 0 aromatic heterocycles. The highest BCUT2D eigenvalue weighted by molar-refractivity contribution is 6.86. The first-order valence-electron chi connectivity index (χ1n) is 10.7. The molecule has 0 heterocycles. The summed E-state index contributed by atoms with van der Waals surface area (Å²) in [5, 5.41) is 1.26. The summed E-state index contributed by atoms with van der Waals surface area (Å²) in [6.07, 6.45) is 2.20.